The van der Waals surface area contributed by atoms with Gasteiger partial charge >= 0.3 is 5.97 Å². The number of unbranched alkanes of at least 4 members (excludes halogenated alkanes) is 4. The summed E-state index contributed by atoms with van der Waals surface area (Å²) in [5, 5.41) is 0. The number of hydrogen-bond acceptors (Lipinski definition) is 3. The van der Waals surface area contributed by atoms with Crippen molar-refractivity contribution < 1.29 is 14.3 Å². The third-order valence-corrected chi connectivity index (χ3v) is 9.56. The summed E-state index contributed by atoms with van der Waals surface area (Å²) in [7, 11) is 0. The molecular formula is C29H50O3. The second-order valence-corrected chi connectivity index (χ2v) is 11.6. The van der Waals surface area contributed by atoms with Crippen LogP contribution >= 0.6 is 0 Å². The maximum Gasteiger partial charge on any atom is 0.319 e. The minimum absolute atomic E-state index is 0.127. The maximum absolute atomic E-state index is 12.9. The first-order chi connectivity index (χ1) is 15.5. The lowest BCUT2D eigenvalue weighted by Crippen LogP contribution is -2.44. The van der Waals surface area contributed by atoms with E-state index in [-0.39, 0.29) is 11.8 Å². The standard InChI is InChI=1S/C29H50O3/c1-4-6-7-8-9-10-22-11-13-23(14-12-22)24-15-17-25(18-16-24)26-19-20-29(3,27(30)21-26)28(31)32-5-2/h22-26H,4-21H2,1-3H3/t22?,23?,24?,25?,26-,29+/m1/s1. The van der Waals surface area contributed by atoms with Crippen LogP contribution in [0.5, 0.6) is 0 Å². The van der Waals surface area contributed by atoms with Crippen LogP contribution in [0.1, 0.15) is 130 Å². The van der Waals surface area contributed by atoms with Gasteiger partial charge in [0.2, 0.25) is 0 Å². The summed E-state index contributed by atoms with van der Waals surface area (Å²) < 4.78 is 5.20. The number of carbonyl (C=O) groups is 2. The molecule has 32 heavy (non-hydrogen) atoms. The third-order valence-electron chi connectivity index (χ3n) is 9.56. The van der Waals surface area contributed by atoms with E-state index in [0.29, 0.717) is 31.3 Å². The summed E-state index contributed by atoms with van der Waals surface area (Å²) in [4.78, 5) is 25.2. The molecule has 0 aromatic carbocycles. The Bertz CT molecular complexity index is 583. The highest BCUT2D eigenvalue weighted by Gasteiger charge is 2.47. The maximum atomic E-state index is 12.9. The predicted molar refractivity (Wildman–Crippen MR) is 131 cm³/mol. The molecule has 0 N–H and O–H groups in total. The SMILES string of the molecule is CCCCCCCC1CCC(C2CCC([C@@H]3CC[C@](C)(C(=O)OCC)C(=O)C3)CC2)CC1. The molecule has 3 aliphatic rings. The first-order valence-corrected chi connectivity index (χ1v) is 14.2. The topological polar surface area (TPSA) is 43.4 Å². The zero-order valence-corrected chi connectivity index (χ0v) is 21.3. The molecule has 0 aliphatic heterocycles. The quantitative estimate of drug-likeness (QED) is 0.194. The summed E-state index contributed by atoms with van der Waals surface area (Å²) in [5.41, 5.74) is -0.891. The molecule has 3 rings (SSSR count). The van der Waals surface area contributed by atoms with Crippen LogP contribution in [0, 0.1) is 35.0 Å². The summed E-state index contributed by atoms with van der Waals surface area (Å²) in [6.45, 7) is 6.28. The van der Waals surface area contributed by atoms with E-state index >= 15 is 0 Å². The van der Waals surface area contributed by atoms with Gasteiger partial charge in [0.15, 0.2) is 0 Å². The molecule has 2 atom stereocenters. The molecular weight excluding hydrogens is 396 g/mol. The van der Waals surface area contributed by atoms with Gasteiger partial charge in [-0.15, -0.1) is 0 Å². The smallest absolute Gasteiger partial charge is 0.319 e. The van der Waals surface area contributed by atoms with Gasteiger partial charge in [-0.05, 0) is 94.8 Å². The van der Waals surface area contributed by atoms with Crippen LogP contribution in [-0.2, 0) is 14.3 Å². The zero-order chi connectivity index (χ0) is 23.0. The van der Waals surface area contributed by atoms with Crippen molar-refractivity contribution >= 4 is 11.8 Å². The van der Waals surface area contributed by atoms with E-state index in [1.807, 2.05) is 13.8 Å². The van der Waals surface area contributed by atoms with Gasteiger partial charge in [0.25, 0.3) is 0 Å². The normalized spacial score (nSPS) is 36.1. The van der Waals surface area contributed by atoms with Crippen molar-refractivity contribution in [1.29, 1.82) is 0 Å². The van der Waals surface area contributed by atoms with Crippen LogP contribution in [0.4, 0.5) is 0 Å². The number of carbonyl (C=O) groups excluding carboxylic acids is 2. The summed E-state index contributed by atoms with van der Waals surface area (Å²) in [5.74, 6) is 3.92. The van der Waals surface area contributed by atoms with Crippen LogP contribution in [0.3, 0.4) is 0 Å². The molecule has 0 amide bonds. The molecule has 0 unspecified atom stereocenters. The first-order valence-electron chi connectivity index (χ1n) is 14.2. The van der Waals surface area contributed by atoms with Crippen molar-refractivity contribution in [2.24, 2.45) is 35.0 Å². The molecule has 3 saturated carbocycles. The number of esters is 1. The van der Waals surface area contributed by atoms with Gasteiger partial charge in [-0.3, -0.25) is 9.59 Å². The largest absolute Gasteiger partial charge is 0.465 e. The molecule has 0 heterocycles. The van der Waals surface area contributed by atoms with Crippen LogP contribution < -0.4 is 0 Å². The number of rotatable bonds is 10. The fourth-order valence-corrected chi connectivity index (χ4v) is 7.16. The highest BCUT2D eigenvalue weighted by Crippen LogP contribution is 2.47. The Morgan fingerprint density at radius 1 is 0.812 bits per heavy atom. The van der Waals surface area contributed by atoms with Gasteiger partial charge in [0.05, 0.1) is 6.61 Å². The van der Waals surface area contributed by atoms with Gasteiger partial charge in [0, 0.05) is 6.42 Å². The lowest BCUT2D eigenvalue weighted by atomic mass is 9.62. The van der Waals surface area contributed by atoms with Gasteiger partial charge in [-0.1, -0.05) is 58.3 Å². The molecule has 3 aliphatic carbocycles. The average Bonchev–Trinajstić information content (AvgIpc) is 2.81. The van der Waals surface area contributed by atoms with Crippen molar-refractivity contribution in [3.05, 3.63) is 0 Å². The zero-order valence-electron chi connectivity index (χ0n) is 21.3. The van der Waals surface area contributed by atoms with Crippen LogP contribution in [0.25, 0.3) is 0 Å². The molecule has 3 nitrogen and oxygen atoms in total. The van der Waals surface area contributed by atoms with E-state index in [2.05, 4.69) is 6.92 Å². The van der Waals surface area contributed by atoms with E-state index in [1.165, 1.54) is 89.9 Å². The molecule has 3 heteroatoms. The van der Waals surface area contributed by atoms with E-state index in [1.54, 1.807) is 0 Å². The van der Waals surface area contributed by atoms with Gasteiger partial charge in [-0.25, -0.2) is 0 Å². The molecule has 0 spiro atoms. The van der Waals surface area contributed by atoms with Gasteiger partial charge in [-0.2, -0.15) is 0 Å². The van der Waals surface area contributed by atoms with E-state index in [9.17, 15) is 9.59 Å². The Kier molecular flexibility index (Phi) is 10.1. The number of ketones is 1. The molecule has 0 radical (unpaired) electrons. The minimum Gasteiger partial charge on any atom is -0.465 e. The molecule has 0 saturated heterocycles. The lowest BCUT2D eigenvalue weighted by molar-refractivity contribution is -0.162. The predicted octanol–water partition coefficient (Wildman–Crippen LogP) is 7.90. The fraction of sp³-hybridized carbons (Fsp3) is 0.931. The molecule has 0 aromatic heterocycles. The third kappa shape index (κ3) is 6.60. The Balaban J connectivity index is 1.35. The first kappa shape index (κ1) is 25.8. The van der Waals surface area contributed by atoms with Gasteiger partial charge < -0.3 is 4.74 Å². The summed E-state index contributed by atoms with van der Waals surface area (Å²) in [6.07, 6.45) is 22.1. The second kappa shape index (κ2) is 12.6. The highest BCUT2D eigenvalue weighted by atomic mass is 16.5. The van der Waals surface area contributed by atoms with Crippen molar-refractivity contribution in [2.75, 3.05) is 6.61 Å². The van der Waals surface area contributed by atoms with Crippen molar-refractivity contribution in [3.8, 4) is 0 Å². The Hall–Kier alpha value is -0.860. The average molecular weight is 447 g/mol. The van der Waals surface area contributed by atoms with E-state index in [4.69, 9.17) is 4.74 Å². The van der Waals surface area contributed by atoms with Crippen LogP contribution in [0.15, 0.2) is 0 Å². The Morgan fingerprint density at radius 3 is 1.94 bits per heavy atom. The molecule has 184 valence electrons. The van der Waals surface area contributed by atoms with Crippen LogP contribution in [0.2, 0.25) is 0 Å². The lowest BCUT2D eigenvalue weighted by Gasteiger charge is -2.42. The summed E-state index contributed by atoms with van der Waals surface area (Å²) >= 11 is 0. The number of hydrogen-bond donors (Lipinski definition) is 0. The fourth-order valence-electron chi connectivity index (χ4n) is 7.16. The molecule has 0 aromatic rings. The number of Topliss-reactive ketones (excluding diaryl/α,β-unsaturated/α-hetero) is 1. The van der Waals surface area contributed by atoms with Crippen molar-refractivity contribution in [2.45, 2.75) is 130 Å². The Labute approximate surface area is 197 Å². The van der Waals surface area contributed by atoms with E-state index in [0.717, 1.165) is 24.2 Å². The Morgan fingerprint density at radius 2 is 1.38 bits per heavy atom. The van der Waals surface area contributed by atoms with Crippen molar-refractivity contribution in [1.82, 2.24) is 0 Å². The minimum atomic E-state index is -0.891. The number of ether oxygens (including phenoxy) is 1. The summed E-state index contributed by atoms with van der Waals surface area (Å²) in [6, 6.07) is 0. The van der Waals surface area contributed by atoms with Gasteiger partial charge in [0.1, 0.15) is 11.2 Å². The highest BCUT2D eigenvalue weighted by molar-refractivity contribution is 6.03. The molecule has 0 bridgehead atoms. The second-order valence-electron chi connectivity index (χ2n) is 11.6. The van der Waals surface area contributed by atoms with Crippen molar-refractivity contribution in [3.63, 3.8) is 0 Å². The molecule has 3 fully saturated rings. The monoisotopic (exact) mass is 446 g/mol. The van der Waals surface area contributed by atoms with E-state index < -0.39 is 5.41 Å². The van der Waals surface area contributed by atoms with Crippen LogP contribution in [-0.4, -0.2) is 18.4 Å².